The fourth-order valence-electron chi connectivity index (χ4n) is 1.86. The summed E-state index contributed by atoms with van der Waals surface area (Å²) in [6.45, 7) is 0.741. The minimum absolute atomic E-state index is 0.0237. The van der Waals surface area contributed by atoms with Crippen LogP contribution in [-0.2, 0) is 0 Å². The summed E-state index contributed by atoms with van der Waals surface area (Å²) >= 11 is 0. The molecule has 0 saturated heterocycles. The molecule has 0 atom stereocenters. The van der Waals surface area contributed by atoms with Crippen molar-refractivity contribution in [2.75, 3.05) is 13.6 Å². The second-order valence-corrected chi connectivity index (χ2v) is 3.21. The highest BCUT2D eigenvalue weighted by Gasteiger charge is 2.23. The topological polar surface area (TPSA) is 3.24 Å². The van der Waals surface area contributed by atoms with Gasteiger partial charge in [0.05, 0.1) is 0 Å². The SMILES string of the molecule is CN1CC=C(F)C2=C1CCC2. The third-order valence-electron chi connectivity index (χ3n) is 2.48. The van der Waals surface area contributed by atoms with Gasteiger partial charge in [0.2, 0.25) is 0 Å². The summed E-state index contributed by atoms with van der Waals surface area (Å²) in [5.41, 5.74) is 2.18. The van der Waals surface area contributed by atoms with E-state index in [1.165, 1.54) is 5.70 Å². The molecule has 1 heterocycles. The van der Waals surface area contributed by atoms with Crippen molar-refractivity contribution in [3.05, 3.63) is 23.2 Å². The van der Waals surface area contributed by atoms with Crippen LogP contribution in [0.15, 0.2) is 23.2 Å². The van der Waals surface area contributed by atoms with Gasteiger partial charge in [-0.1, -0.05) is 0 Å². The van der Waals surface area contributed by atoms with Crippen LogP contribution < -0.4 is 0 Å². The zero-order valence-corrected chi connectivity index (χ0v) is 6.73. The van der Waals surface area contributed by atoms with Crippen LogP contribution in [-0.4, -0.2) is 18.5 Å². The van der Waals surface area contributed by atoms with Crippen molar-refractivity contribution in [2.45, 2.75) is 19.3 Å². The Kier molecular flexibility index (Phi) is 1.48. The molecule has 2 rings (SSSR count). The number of allylic oxidation sites excluding steroid dienone is 3. The maximum atomic E-state index is 13.1. The van der Waals surface area contributed by atoms with E-state index < -0.39 is 0 Å². The van der Waals surface area contributed by atoms with Gasteiger partial charge >= 0.3 is 0 Å². The summed E-state index contributed by atoms with van der Waals surface area (Å²) in [4.78, 5) is 2.14. The first-order chi connectivity index (χ1) is 5.29. The lowest BCUT2D eigenvalue weighted by atomic mass is 10.1. The van der Waals surface area contributed by atoms with Gasteiger partial charge in [0.1, 0.15) is 5.83 Å². The number of hydrogen-bond donors (Lipinski definition) is 0. The molecule has 0 aromatic carbocycles. The van der Waals surface area contributed by atoms with Gasteiger partial charge in [-0.2, -0.15) is 0 Å². The Morgan fingerprint density at radius 2 is 2.27 bits per heavy atom. The van der Waals surface area contributed by atoms with Crippen LogP contribution in [0.1, 0.15) is 19.3 Å². The van der Waals surface area contributed by atoms with Crippen molar-refractivity contribution < 1.29 is 4.39 Å². The summed E-state index contributed by atoms with van der Waals surface area (Å²) in [7, 11) is 2.03. The normalized spacial score (nSPS) is 23.8. The first-order valence-electron chi connectivity index (χ1n) is 4.08. The molecule has 0 N–H and O–H groups in total. The molecule has 0 spiro atoms. The smallest absolute Gasteiger partial charge is 0.125 e. The molecular formula is C9H12FN. The minimum Gasteiger partial charge on any atom is -0.374 e. The summed E-state index contributed by atoms with van der Waals surface area (Å²) in [5, 5.41) is 0. The van der Waals surface area contributed by atoms with Crippen molar-refractivity contribution in [3.8, 4) is 0 Å². The molecule has 0 aromatic heterocycles. The Labute approximate surface area is 66.2 Å². The zero-order valence-electron chi connectivity index (χ0n) is 6.73. The molecular weight excluding hydrogens is 141 g/mol. The van der Waals surface area contributed by atoms with E-state index in [1.807, 2.05) is 7.05 Å². The molecule has 0 amide bonds. The Morgan fingerprint density at radius 1 is 1.45 bits per heavy atom. The van der Waals surface area contributed by atoms with Crippen LogP contribution in [0.5, 0.6) is 0 Å². The molecule has 0 aromatic rings. The van der Waals surface area contributed by atoms with Crippen LogP contribution in [0, 0.1) is 0 Å². The average Bonchev–Trinajstić information content (AvgIpc) is 2.45. The maximum absolute atomic E-state index is 13.1. The standard InChI is InChI=1S/C9H12FN/c1-11-6-5-8(10)7-3-2-4-9(7)11/h5H,2-4,6H2,1H3. The monoisotopic (exact) mass is 153 g/mol. The molecule has 0 saturated carbocycles. The number of halogens is 1. The van der Waals surface area contributed by atoms with E-state index in [-0.39, 0.29) is 5.83 Å². The fourth-order valence-corrected chi connectivity index (χ4v) is 1.86. The predicted molar refractivity (Wildman–Crippen MR) is 42.7 cm³/mol. The highest BCUT2D eigenvalue weighted by atomic mass is 19.1. The zero-order chi connectivity index (χ0) is 7.84. The number of rotatable bonds is 0. The molecule has 1 nitrogen and oxygen atoms in total. The van der Waals surface area contributed by atoms with Gasteiger partial charge in [0, 0.05) is 24.9 Å². The first-order valence-corrected chi connectivity index (χ1v) is 4.08. The first kappa shape index (κ1) is 6.89. The maximum Gasteiger partial charge on any atom is 0.125 e. The van der Waals surface area contributed by atoms with E-state index >= 15 is 0 Å². The molecule has 0 bridgehead atoms. The molecule has 0 fully saturated rings. The average molecular weight is 153 g/mol. The van der Waals surface area contributed by atoms with Gasteiger partial charge in [-0.3, -0.25) is 0 Å². The predicted octanol–water partition coefficient (Wildman–Crippen LogP) is 2.22. The van der Waals surface area contributed by atoms with E-state index in [0.717, 1.165) is 31.4 Å². The van der Waals surface area contributed by atoms with Crippen molar-refractivity contribution in [2.24, 2.45) is 0 Å². The summed E-state index contributed by atoms with van der Waals surface area (Å²) in [5.74, 6) is 0.0237. The minimum atomic E-state index is 0.0237. The molecule has 1 aliphatic carbocycles. The molecule has 60 valence electrons. The van der Waals surface area contributed by atoms with E-state index in [9.17, 15) is 4.39 Å². The van der Waals surface area contributed by atoms with Crippen molar-refractivity contribution in [1.82, 2.24) is 4.90 Å². The van der Waals surface area contributed by atoms with Crippen molar-refractivity contribution in [1.29, 1.82) is 0 Å². The second-order valence-electron chi connectivity index (χ2n) is 3.21. The number of likely N-dealkylation sites (N-methyl/N-ethyl adjacent to an activating group) is 1. The lowest BCUT2D eigenvalue weighted by molar-refractivity contribution is 0.430. The number of nitrogens with zero attached hydrogens (tertiary/aromatic N) is 1. The van der Waals surface area contributed by atoms with Gasteiger partial charge < -0.3 is 4.90 Å². The van der Waals surface area contributed by atoms with E-state index in [4.69, 9.17) is 0 Å². The van der Waals surface area contributed by atoms with Gasteiger partial charge in [0.25, 0.3) is 0 Å². The lowest BCUT2D eigenvalue weighted by Crippen LogP contribution is -2.20. The largest absolute Gasteiger partial charge is 0.374 e. The van der Waals surface area contributed by atoms with Gasteiger partial charge in [-0.15, -0.1) is 0 Å². The Morgan fingerprint density at radius 3 is 3.00 bits per heavy atom. The Bertz CT molecular complexity index is 240. The van der Waals surface area contributed by atoms with Crippen molar-refractivity contribution in [3.63, 3.8) is 0 Å². The third kappa shape index (κ3) is 0.971. The fraction of sp³-hybridized carbons (Fsp3) is 0.556. The van der Waals surface area contributed by atoms with Crippen LogP contribution in [0.25, 0.3) is 0 Å². The van der Waals surface area contributed by atoms with Crippen LogP contribution in [0.4, 0.5) is 4.39 Å². The van der Waals surface area contributed by atoms with Gasteiger partial charge in [-0.05, 0) is 25.3 Å². The van der Waals surface area contributed by atoms with E-state index in [2.05, 4.69) is 4.90 Å². The third-order valence-corrected chi connectivity index (χ3v) is 2.48. The molecule has 0 unspecified atom stereocenters. The van der Waals surface area contributed by atoms with E-state index in [1.54, 1.807) is 6.08 Å². The highest BCUT2D eigenvalue weighted by molar-refractivity contribution is 5.36. The summed E-state index contributed by atoms with van der Waals surface area (Å²) in [6, 6.07) is 0. The Balaban J connectivity index is 2.36. The summed E-state index contributed by atoms with van der Waals surface area (Å²) < 4.78 is 13.1. The quantitative estimate of drug-likeness (QED) is 0.515. The molecule has 1 aliphatic heterocycles. The lowest BCUT2D eigenvalue weighted by Gasteiger charge is -2.23. The second kappa shape index (κ2) is 2.36. The number of hydrogen-bond acceptors (Lipinski definition) is 1. The molecule has 2 aliphatic rings. The highest BCUT2D eigenvalue weighted by Crippen LogP contribution is 2.35. The van der Waals surface area contributed by atoms with Gasteiger partial charge in [0.15, 0.2) is 0 Å². The van der Waals surface area contributed by atoms with Crippen LogP contribution in [0.3, 0.4) is 0 Å². The molecule has 2 heteroatoms. The van der Waals surface area contributed by atoms with E-state index in [0.29, 0.717) is 0 Å². The molecule has 11 heavy (non-hydrogen) atoms. The van der Waals surface area contributed by atoms with Crippen LogP contribution >= 0.6 is 0 Å². The molecule has 0 radical (unpaired) electrons. The van der Waals surface area contributed by atoms with Crippen LogP contribution in [0.2, 0.25) is 0 Å². The summed E-state index contributed by atoms with van der Waals surface area (Å²) in [6.07, 6.45) is 4.79. The Hall–Kier alpha value is -0.790. The van der Waals surface area contributed by atoms with Gasteiger partial charge in [-0.25, -0.2) is 4.39 Å². The van der Waals surface area contributed by atoms with Crippen molar-refractivity contribution >= 4 is 0 Å².